The van der Waals surface area contributed by atoms with Crippen molar-refractivity contribution in [1.29, 1.82) is 0 Å². The number of para-hydroxylation sites is 1. The summed E-state index contributed by atoms with van der Waals surface area (Å²) in [5.41, 5.74) is 1.72. The molecule has 5 nitrogen and oxygen atoms in total. The van der Waals surface area contributed by atoms with Crippen LogP contribution in [0.2, 0.25) is 0 Å². The van der Waals surface area contributed by atoms with Crippen molar-refractivity contribution in [2.75, 3.05) is 11.9 Å². The third-order valence-electron chi connectivity index (χ3n) is 3.31. The van der Waals surface area contributed by atoms with E-state index in [9.17, 15) is 4.79 Å². The molecule has 0 saturated heterocycles. The lowest BCUT2D eigenvalue weighted by Gasteiger charge is -2.04. The number of carbonyl (C=O) groups is 1. The van der Waals surface area contributed by atoms with Gasteiger partial charge in [0, 0.05) is 16.1 Å². The zero-order chi connectivity index (χ0) is 16.9. The predicted molar refractivity (Wildman–Crippen MR) is 95.2 cm³/mol. The average Bonchev–Trinajstić information content (AvgIpc) is 3.08. The van der Waals surface area contributed by atoms with Crippen LogP contribution < -0.4 is 10.1 Å². The Balaban J connectivity index is 1.75. The maximum Gasteiger partial charge on any atom is 0.277 e. The number of amides is 1. The van der Waals surface area contributed by atoms with Crippen LogP contribution >= 0.6 is 15.9 Å². The summed E-state index contributed by atoms with van der Waals surface area (Å²) in [4.78, 5) is 12.3. The van der Waals surface area contributed by atoms with E-state index < -0.39 is 0 Å². The molecule has 1 amide bonds. The predicted octanol–water partition coefficient (Wildman–Crippen LogP) is 4.76. The average molecular weight is 387 g/mol. The molecule has 1 heterocycles. The molecular weight excluding hydrogens is 372 g/mol. The van der Waals surface area contributed by atoms with Crippen LogP contribution in [0.4, 0.5) is 5.69 Å². The first-order chi connectivity index (χ1) is 11.7. The van der Waals surface area contributed by atoms with Gasteiger partial charge in [-0.1, -0.05) is 17.3 Å². The van der Waals surface area contributed by atoms with Crippen molar-refractivity contribution in [3.8, 4) is 17.1 Å². The number of hydrogen-bond acceptors (Lipinski definition) is 4. The lowest BCUT2D eigenvalue weighted by Crippen LogP contribution is -2.12. The van der Waals surface area contributed by atoms with Gasteiger partial charge in [-0.05, 0) is 59.3 Å². The van der Waals surface area contributed by atoms with Crippen LogP contribution in [0.15, 0.2) is 63.6 Å². The maximum atomic E-state index is 12.3. The highest BCUT2D eigenvalue weighted by atomic mass is 79.9. The Kier molecular flexibility index (Phi) is 4.96. The lowest BCUT2D eigenvalue weighted by molar-refractivity contribution is 0.101. The molecule has 3 aromatic rings. The molecule has 122 valence electrons. The smallest absolute Gasteiger partial charge is 0.277 e. The molecule has 0 unspecified atom stereocenters. The summed E-state index contributed by atoms with van der Waals surface area (Å²) >= 11 is 3.39. The number of hydrogen-bond donors (Lipinski definition) is 1. The summed E-state index contributed by atoms with van der Waals surface area (Å²) in [7, 11) is 0. The zero-order valence-electron chi connectivity index (χ0n) is 13.0. The van der Waals surface area contributed by atoms with Gasteiger partial charge in [0.2, 0.25) is 0 Å². The highest BCUT2D eigenvalue weighted by Crippen LogP contribution is 2.25. The minimum atomic E-state index is -0.331. The van der Waals surface area contributed by atoms with Crippen LogP contribution in [0.5, 0.6) is 5.75 Å². The molecule has 0 bridgehead atoms. The van der Waals surface area contributed by atoms with Gasteiger partial charge in [-0.25, -0.2) is 0 Å². The van der Waals surface area contributed by atoms with Gasteiger partial charge >= 0.3 is 0 Å². The number of halogens is 1. The van der Waals surface area contributed by atoms with E-state index in [1.54, 1.807) is 12.1 Å². The van der Waals surface area contributed by atoms with E-state index in [4.69, 9.17) is 9.26 Å². The fraction of sp³-hybridized carbons (Fsp3) is 0.111. The van der Waals surface area contributed by atoms with E-state index in [2.05, 4.69) is 26.4 Å². The fourth-order valence-corrected chi connectivity index (χ4v) is 2.53. The van der Waals surface area contributed by atoms with Crippen LogP contribution in [0.1, 0.15) is 17.4 Å². The Morgan fingerprint density at radius 3 is 2.67 bits per heavy atom. The second-order valence-electron chi connectivity index (χ2n) is 4.97. The normalized spacial score (nSPS) is 10.4. The Morgan fingerprint density at radius 2 is 1.96 bits per heavy atom. The fourth-order valence-electron chi connectivity index (χ4n) is 2.15. The number of aromatic nitrogens is 1. The van der Waals surface area contributed by atoms with Crippen molar-refractivity contribution in [2.24, 2.45) is 0 Å². The maximum absolute atomic E-state index is 12.3. The summed E-state index contributed by atoms with van der Waals surface area (Å²) in [5, 5.41) is 6.63. The first-order valence-corrected chi connectivity index (χ1v) is 8.22. The van der Waals surface area contributed by atoms with Crippen LogP contribution in [-0.2, 0) is 0 Å². The van der Waals surface area contributed by atoms with Crippen LogP contribution in [0.3, 0.4) is 0 Å². The van der Waals surface area contributed by atoms with Crippen LogP contribution in [0, 0.1) is 0 Å². The van der Waals surface area contributed by atoms with E-state index in [1.165, 1.54) is 0 Å². The molecule has 0 atom stereocenters. The Morgan fingerprint density at radius 1 is 1.21 bits per heavy atom. The molecule has 6 heteroatoms. The van der Waals surface area contributed by atoms with Crippen molar-refractivity contribution >= 4 is 27.5 Å². The van der Waals surface area contributed by atoms with Gasteiger partial charge in [0.15, 0.2) is 11.5 Å². The lowest BCUT2D eigenvalue weighted by atomic mass is 10.1. The molecule has 0 aliphatic carbocycles. The second-order valence-corrected chi connectivity index (χ2v) is 5.82. The molecule has 1 N–H and O–H groups in total. The molecule has 0 saturated carbocycles. The van der Waals surface area contributed by atoms with E-state index in [0.717, 1.165) is 15.8 Å². The monoisotopic (exact) mass is 386 g/mol. The number of benzene rings is 2. The van der Waals surface area contributed by atoms with Gasteiger partial charge in [-0.2, -0.15) is 0 Å². The molecular formula is C18H15BrN2O3. The summed E-state index contributed by atoms with van der Waals surface area (Å²) < 4.78 is 11.5. The number of nitrogens with one attached hydrogen (secondary N) is 1. The summed E-state index contributed by atoms with van der Waals surface area (Å²) in [6.07, 6.45) is 0. The molecule has 0 fully saturated rings. The molecule has 24 heavy (non-hydrogen) atoms. The Hall–Kier alpha value is -2.60. The SMILES string of the molecule is CCOc1ccc(-c2cc(C(=O)Nc3ccccc3Br)no2)cc1. The Labute approximate surface area is 147 Å². The van der Waals surface area contributed by atoms with Crippen molar-refractivity contribution in [3.05, 3.63) is 64.8 Å². The van der Waals surface area contributed by atoms with E-state index in [1.807, 2.05) is 49.4 Å². The van der Waals surface area contributed by atoms with Gasteiger partial charge in [-0.3, -0.25) is 4.79 Å². The largest absolute Gasteiger partial charge is 0.494 e. The quantitative estimate of drug-likeness (QED) is 0.686. The number of carbonyl (C=O) groups excluding carboxylic acids is 1. The summed E-state index contributed by atoms with van der Waals surface area (Å²) in [6, 6.07) is 16.4. The third-order valence-corrected chi connectivity index (χ3v) is 4.01. The summed E-state index contributed by atoms with van der Waals surface area (Å²) in [5.74, 6) is 0.978. The molecule has 0 aliphatic heterocycles. The van der Waals surface area contributed by atoms with Crippen molar-refractivity contribution < 1.29 is 14.1 Å². The number of rotatable bonds is 5. The Bertz CT molecular complexity index is 843. The van der Waals surface area contributed by atoms with E-state index in [0.29, 0.717) is 18.1 Å². The standard InChI is InChI=1S/C18H15BrN2O3/c1-2-23-13-9-7-12(8-10-13)17-11-16(21-24-17)18(22)20-15-6-4-3-5-14(15)19/h3-11H,2H2,1H3,(H,20,22). The van der Waals surface area contributed by atoms with Crippen molar-refractivity contribution in [3.63, 3.8) is 0 Å². The van der Waals surface area contributed by atoms with Gasteiger partial charge in [0.05, 0.1) is 12.3 Å². The molecule has 0 radical (unpaired) electrons. The first kappa shape index (κ1) is 16.3. The third kappa shape index (κ3) is 3.65. The topological polar surface area (TPSA) is 64.4 Å². The van der Waals surface area contributed by atoms with Crippen LogP contribution in [0.25, 0.3) is 11.3 Å². The highest BCUT2D eigenvalue weighted by Gasteiger charge is 2.15. The minimum absolute atomic E-state index is 0.217. The highest BCUT2D eigenvalue weighted by molar-refractivity contribution is 9.10. The molecule has 1 aromatic heterocycles. The van der Waals surface area contributed by atoms with Crippen molar-refractivity contribution in [2.45, 2.75) is 6.92 Å². The minimum Gasteiger partial charge on any atom is -0.494 e. The molecule has 0 aliphatic rings. The molecule has 0 spiro atoms. The zero-order valence-corrected chi connectivity index (χ0v) is 14.5. The summed E-state index contributed by atoms with van der Waals surface area (Å²) in [6.45, 7) is 2.54. The van der Waals surface area contributed by atoms with Gasteiger partial charge < -0.3 is 14.6 Å². The van der Waals surface area contributed by atoms with Gasteiger partial charge in [0.1, 0.15) is 5.75 Å². The van der Waals surface area contributed by atoms with Crippen LogP contribution in [-0.4, -0.2) is 17.7 Å². The van der Waals surface area contributed by atoms with E-state index in [-0.39, 0.29) is 11.6 Å². The number of ether oxygens (including phenoxy) is 1. The van der Waals surface area contributed by atoms with Gasteiger partial charge in [-0.15, -0.1) is 0 Å². The number of nitrogens with zero attached hydrogens (tertiary/aromatic N) is 1. The molecule has 2 aromatic carbocycles. The molecule has 3 rings (SSSR count). The van der Waals surface area contributed by atoms with E-state index >= 15 is 0 Å². The van der Waals surface area contributed by atoms with Crippen molar-refractivity contribution in [1.82, 2.24) is 5.16 Å². The van der Waals surface area contributed by atoms with Gasteiger partial charge in [0.25, 0.3) is 5.91 Å². The second kappa shape index (κ2) is 7.31. The number of anilines is 1. The first-order valence-electron chi connectivity index (χ1n) is 7.43.